The summed E-state index contributed by atoms with van der Waals surface area (Å²) in [5, 5.41) is 4.05. The van der Waals surface area contributed by atoms with Gasteiger partial charge in [0.15, 0.2) is 0 Å². The monoisotopic (exact) mass is 312 g/mol. The van der Waals surface area contributed by atoms with Crippen LogP contribution in [-0.2, 0) is 19.5 Å². The first-order valence-electron chi connectivity index (χ1n) is 8.65. The Bertz CT molecular complexity index is 1030. The van der Waals surface area contributed by atoms with Crippen molar-refractivity contribution in [1.82, 2.24) is 9.88 Å². The third-order valence-electron chi connectivity index (χ3n) is 5.18. The largest absolute Gasteiger partial charge is 0.357 e. The molecular formula is C22H20N2. The number of aromatic amines is 1. The van der Waals surface area contributed by atoms with Crippen molar-refractivity contribution in [3.05, 3.63) is 83.6 Å². The highest BCUT2D eigenvalue weighted by molar-refractivity contribution is 5.85. The zero-order valence-corrected chi connectivity index (χ0v) is 13.6. The summed E-state index contributed by atoms with van der Waals surface area (Å²) in [5.74, 6) is 0. The Hall–Kier alpha value is -2.58. The quantitative estimate of drug-likeness (QED) is 0.559. The van der Waals surface area contributed by atoms with Gasteiger partial charge in [0.2, 0.25) is 0 Å². The average Bonchev–Trinajstić information content (AvgIpc) is 2.99. The number of fused-ring (bicyclic) bond motifs is 4. The van der Waals surface area contributed by atoms with E-state index >= 15 is 0 Å². The molecule has 0 radical (unpaired) electrons. The predicted molar refractivity (Wildman–Crippen MR) is 100 cm³/mol. The lowest BCUT2D eigenvalue weighted by Crippen LogP contribution is -2.29. The minimum atomic E-state index is 1.01. The number of para-hydroxylation sites is 1. The van der Waals surface area contributed by atoms with Crippen LogP contribution < -0.4 is 0 Å². The Morgan fingerprint density at radius 2 is 1.71 bits per heavy atom. The van der Waals surface area contributed by atoms with Crippen molar-refractivity contribution in [1.29, 1.82) is 0 Å². The van der Waals surface area contributed by atoms with Gasteiger partial charge < -0.3 is 4.98 Å². The van der Waals surface area contributed by atoms with E-state index in [4.69, 9.17) is 0 Å². The number of rotatable bonds is 2. The Morgan fingerprint density at radius 3 is 2.67 bits per heavy atom. The van der Waals surface area contributed by atoms with Crippen molar-refractivity contribution >= 4 is 21.7 Å². The molecule has 0 saturated heterocycles. The van der Waals surface area contributed by atoms with Gasteiger partial charge in [-0.15, -0.1) is 0 Å². The molecule has 0 spiro atoms. The third-order valence-corrected chi connectivity index (χ3v) is 5.18. The smallest absolute Gasteiger partial charge is 0.0459 e. The first kappa shape index (κ1) is 13.8. The average molecular weight is 312 g/mol. The summed E-state index contributed by atoms with van der Waals surface area (Å²) in [6.45, 7) is 3.15. The van der Waals surface area contributed by atoms with Gasteiger partial charge in [-0.1, -0.05) is 54.6 Å². The summed E-state index contributed by atoms with van der Waals surface area (Å²) < 4.78 is 0. The molecule has 24 heavy (non-hydrogen) atoms. The van der Waals surface area contributed by atoms with Gasteiger partial charge in [0, 0.05) is 36.2 Å². The molecule has 0 aliphatic carbocycles. The fourth-order valence-corrected chi connectivity index (χ4v) is 3.98. The summed E-state index contributed by atoms with van der Waals surface area (Å²) in [7, 11) is 0. The molecule has 0 atom stereocenters. The summed E-state index contributed by atoms with van der Waals surface area (Å²) in [4.78, 5) is 6.16. The molecule has 1 aliphatic rings. The van der Waals surface area contributed by atoms with Crippen LogP contribution in [0.4, 0.5) is 0 Å². The first-order chi connectivity index (χ1) is 11.9. The molecule has 0 saturated carbocycles. The van der Waals surface area contributed by atoms with Crippen LogP contribution in [0.25, 0.3) is 21.7 Å². The van der Waals surface area contributed by atoms with E-state index in [1.807, 2.05) is 0 Å². The zero-order valence-electron chi connectivity index (χ0n) is 13.6. The highest BCUT2D eigenvalue weighted by Crippen LogP contribution is 2.28. The van der Waals surface area contributed by atoms with Gasteiger partial charge in [0.25, 0.3) is 0 Å². The van der Waals surface area contributed by atoms with Crippen molar-refractivity contribution in [2.75, 3.05) is 6.54 Å². The SMILES string of the molecule is c1ccc2cc(CN3CCc4c([nH]c5ccccc45)C3)ccc2c1. The minimum Gasteiger partial charge on any atom is -0.357 e. The van der Waals surface area contributed by atoms with Crippen LogP contribution in [0, 0.1) is 0 Å². The van der Waals surface area contributed by atoms with Gasteiger partial charge in [0.1, 0.15) is 0 Å². The number of nitrogens with zero attached hydrogens (tertiary/aromatic N) is 1. The molecule has 2 heteroatoms. The van der Waals surface area contributed by atoms with Crippen molar-refractivity contribution in [3.8, 4) is 0 Å². The van der Waals surface area contributed by atoms with Gasteiger partial charge in [-0.05, 0) is 40.5 Å². The number of H-pyrrole nitrogens is 1. The number of hydrogen-bond acceptors (Lipinski definition) is 1. The van der Waals surface area contributed by atoms with E-state index in [0.29, 0.717) is 0 Å². The van der Waals surface area contributed by atoms with Gasteiger partial charge in [-0.3, -0.25) is 4.90 Å². The highest BCUT2D eigenvalue weighted by atomic mass is 15.1. The molecule has 1 N–H and O–H groups in total. The maximum absolute atomic E-state index is 3.62. The van der Waals surface area contributed by atoms with Crippen molar-refractivity contribution < 1.29 is 0 Å². The third kappa shape index (κ3) is 2.31. The van der Waals surface area contributed by atoms with E-state index in [9.17, 15) is 0 Å². The van der Waals surface area contributed by atoms with Crippen LogP contribution in [0.5, 0.6) is 0 Å². The molecular weight excluding hydrogens is 292 g/mol. The Morgan fingerprint density at radius 1 is 0.875 bits per heavy atom. The van der Waals surface area contributed by atoms with Crippen LogP contribution in [-0.4, -0.2) is 16.4 Å². The van der Waals surface area contributed by atoms with Crippen LogP contribution in [0.2, 0.25) is 0 Å². The van der Waals surface area contributed by atoms with Crippen molar-refractivity contribution in [3.63, 3.8) is 0 Å². The molecule has 4 aromatic rings. The summed E-state index contributed by atoms with van der Waals surface area (Å²) in [6, 6.07) is 24.1. The maximum atomic E-state index is 3.62. The summed E-state index contributed by atoms with van der Waals surface area (Å²) in [6.07, 6.45) is 1.13. The molecule has 0 bridgehead atoms. The first-order valence-corrected chi connectivity index (χ1v) is 8.65. The molecule has 2 nitrogen and oxygen atoms in total. The van der Waals surface area contributed by atoms with Gasteiger partial charge >= 0.3 is 0 Å². The molecule has 2 heterocycles. The molecule has 5 rings (SSSR count). The molecule has 0 amide bonds. The van der Waals surface area contributed by atoms with Crippen LogP contribution in [0.1, 0.15) is 16.8 Å². The fraction of sp³-hybridized carbons (Fsp3) is 0.182. The Kier molecular flexibility index (Phi) is 3.17. The second-order valence-electron chi connectivity index (χ2n) is 6.77. The number of nitrogens with one attached hydrogen (secondary N) is 1. The molecule has 118 valence electrons. The fourth-order valence-electron chi connectivity index (χ4n) is 3.98. The second-order valence-corrected chi connectivity index (χ2v) is 6.77. The highest BCUT2D eigenvalue weighted by Gasteiger charge is 2.20. The zero-order chi connectivity index (χ0) is 15.9. The van der Waals surface area contributed by atoms with Gasteiger partial charge in [-0.25, -0.2) is 0 Å². The minimum absolute atomic E-state index is 1.01. The standard InChI is InChI=1S/C22H20N2/c1-2-6-18-13-16(9-10-17(18)5-1)14-24-12-11-20-19-7-3-4-8-21(19)23-22(20)15-24/h1-10,13,23H,11-12,14-15H2. The lowest BCUT2D eigenvalue weighted by molar-refractivity contribution is 0.243. The number of benzene rings is 3. The van der Waals surface area contributed by atoms with Crippen LogP contribution in [0.3, 0.4) is 0 Å². The van der Waals surface area contributed by atoms with Crippen LogP contribution in [0.15, 0.2) is 66.7 Å². The molecule has 0 unspecified atom stereocenters. The van der Waals surface area contributed by atoms with E-state index in [-0.39, 0.29) is 0 Å². The summed E-state index contributed by atoms with van der Waals surface area (Å²) in [5.41, 5.74) is 5.58. The lowest BCUT2D eigenvalue weighted by atomic mass is 10.0. The Balaban J connectivity index is 1.42. The normalized spacial score (nSPS) is 15.0. The molecule has 3 aromatic carbocycles. The lowest BCUT2D eigenvalue weighted by Gasteiger charge is -2.27. The predicted octanol–water partition coefficient (Wildman–Crippen LogP) is 4.88. The van der Waals surface area contributed by atoms with Crippen LogP contribution >= 0.6 is 0 Å². The maximum Gasteiger partial charge on any atom is 0.0459 e. The number of aromatic nitrogens is 1. The molecule has 0 fully saturated rings. The summed E-state index contributed by atoms with van der Waals surface area (Å²) >= 11 is 0. The van der Waals surface area contributed by atoms with E-state index in [0.717, 1.165) is 26.1 Å². The van der Waals surface area contributed by atoms with E-state index in [2.05, 4.69) is 76.6 Å². The molecule has 1 aromatic heterocycles. The number of hydrogen-bond donors (Lipinski definition) is 1. The second kappa shape index (κ2) is 5.50. The molecule has 1 aliphatic heterocycles. The van der Waals surface area contributed by atoms with Crippen molar-refractivity contribution in [2.45, 2.75) is 19.5 Å². The van der Waals surface area contributed by atoms with E-state index in [1.54, 1.807) is 0 Å². The van der Waals surface area contributed by atoms with Gasteiger partial charge in [-0.2, -0.15) is 0 Å². The van der Waals surface area contributed by atoms with E-state index in [1.165, 1.54) is 38.5 Å². The van der Waals surface area contributed by atoms with E-state index < -0.39 is 0 Å². The van der Waals surface area contributed by atoms with Crippen molar-refractivity contribution in [2.24, 2.45) is 0 Å². The topological polar surface area (TPSA) is 19.0 Å². The van der Waals surface area contributed by atoms with Gasteiger partial charge in [0.05, 0.1) is 0 Å². The Labute approximate surface area is 141 Å².